The molecular formula is C16H24N2O. The van der Waals surface area contributed by atoms with Crippen LogP contribution in [0.25, 0.3) is 5.76 Å². The predicted octanol–water partition coefficient (Wildman–Crippen LogP) is 2.44. The van der Waals surface area contributed by atoms with Gasteiger partial charge < -0.3 is 9.64 Å². The molecule has 0 N–H and O–H groups in total. The number of ether oxygens (including phenoxy) is 1. The van der Waals surface area contributed by atoms with Crippen molar-refractivity contribution >= 4 is 5.76 Å². The second-order valence-corrected chi connectivity index (χ2v) is 5.14. The average Bonchev–Trinajstić information content (AvgIpc) is 2.42. The van der Waals surface area contributed by atoms with Crippen LogP contribution in [-0.2, 0) is 11.3 Å². The Balaban J connectivity index is 1.97. The highest BCUT2D eigenvalue weighted by Gasteiger charge is 2.14. The minimum Gasteiger partial charge on any atom is -0.494 e. The summed E-state index contributed by atoms with van der Waals surface area (Å²) in [4.78, 5) is 4.88. The van der Waals surface area contributed by atoms with Crippen molar-refractivity contribution in [3.8, 4) is 0 Å². The molecular weight excluding hydrogens is 236 g/mol. The van der Waals surface area contributed by atoms with Crippen LogP contribution in [0.1, 0.15) is 18.1 Å². The van der Waals surface area contributed by atoms with Crippen LogP contribution >= 0.6 is 0 Å². The molecule has 1 heterocycles. The van der Waals surface area contributed by atoms with Gasteiger partial charge in [-0.15, -0.1) is 0 Å². The topological polar surface area (TPSA) is 15.7 Å². The summed E-state index contributed by atoms with van der Waals surface area (Å²) in [7, 11) is 2.18. The van der Waals surface area contributed by atoms with Crippen molar-refractivity contribution in [3.05, 3.63) is 42.0 Å². The van der Waals surface area contributed by atoms with Crippen LogP contribution < -0.4 is 0 Å². The largest absolute Gasteiger partial charge is 0.494 e. The lowest BCUT2D eigenvalue weighted by molar-refractivity contribution is 0.148. The molecule has 0 unspecified atom stereocenters. The third kappa shape index (κ3) is 4.08. The lowest BCUT2D eigenvalue weighted by Crippen LogP contribution is -2.43. The molecule has 3 heteroatoms. The first-order valence-corrected chi connectivity index (χ1v) is 7.01. The van der Waals surface area contributed by atoms with Crippen molar-refractivity contribution in [3.63, 3.8) is 0 Å². The van der Waals surface area contributed by atoms with Crippen molar-refractivity contribution in [2.45, 2.75) is 13.5 Å². The van der Waals surface area contributed by atoms with Gasteiger partial charge in [0.15, 0.2) is 0 Å². The van der Waals surface area contributed by atoms with E-state index in [0.717, 1.165) is 44.0 Å². The number of rotatable bonds is 5. The SMILES string of the molecule is C=C(OCC)c1cccc(CN2CCN(C)CC2)c1. The Labute approximate surface area is 116 Å². The fourth-order valence-corrected chi connectivity index (χ4v) is 2.36. The van der Waals surface area contributed by atoms with E-state index in [2.05, 4.69) is 47.7 Å². The molecule has 0 aliphatic carbocycles. The Morgan fingerprint density at radius 3 is 2.68 bits per heavy atom. The molecule has 2 rings (SSSR count). The summed E-state index contributed by atoms with van der Waals surface area (Å²) >= 11 is 0. The Morgan fingerprint density at radius 1 is 1.26 bits per heavy atom. The maximum atomic E-state index is 5.47. The molecule has 1 aromatic carbocycles. The fourth-order valence-electron chi connectivity index (χ4n) is 2.36. The Kier molecular flexibility index (Phi) is 5.00. The van der Waals surface area contributed by atoms with Crippen molar-refractivity contribution in [2.75, 3.05) is 39.8 Å². The summed E-state index contributed by atoms with van der Waals surface area (Å²) in [5.41, 5.74) is 2.43. The van der Waals surface area contributed by atoms with Gasteiger partial charge >= 0.3 is 0 Å². The monoisotopic (exact) mass is 260 g/mol. The summed E-state index contributed by atoms with van der Waals surface area (Å²) in [6, 6.07) is 8.52. The maximum absolute atomic E-state index is 5.47. The molecule has 0 atom stereocenters. The quantitative estimate of drug-likeness (QED) is 0.756. The van der Waals surface area contributed by atoms with E-state index in [9.17, 15) is 0 Å². The van der Waals surface area contributed by atoms with Gasteiger partial charge in [0.1, 0.15) is 5.76 Å². The predicted molar refractivity (Wildman–Crippen MR) is 79.9 cm³/mol. The second kappa shape index (κ2) is 6.73. The number of nitrogens with zero attached hydrogens (tertiary/aromatic N) is 2. The van der Waals surface area contributed by atoms with E-state index < -0.39 is 0 Å². The van der Waals surface area contributed by atoms with Crippen LogP contribution in [0, 0.1) is 0 Å². The highest BCUT2D eigenvalue weighted by molar-refractivity contribution is 5.58. The number of piperazine rings is 1. The Morgan fingerprint density at radius 2 is 2.00 bits per heavy atom. The Hall–Kier alpha value is -1.32. The van der Waals surface area contributed by atoms with Crippen LogP contribution in [-0.4, -0.2) is 49.6 Å². The van der Waals surface area contributed by atoms with Crippen LogP contribution in [0.15, 0.2) is 30.8 Å². The van der Waals surface area contributed by atoms with Gasteiger partial charge in [-0.25, -0.2) is 0 Å². The first-order chi connectivity index (χ1) is 9.19. The highest BCUT2D eigenvalue weighted by Crippen LogP contribution is 2.17. The van der Waals surface area contributed by atoms with Gasteiger partial charge in [-0.3, -0.25) is 4.90 Å². The molecule has 1 aliphatic heterocycles. The van der Waals surface area contributed by atoms with Crippen LogP contribution in [0.2, 0.25) is 0 Å². The standard InChI is InChI=1S/C16H24N2O/c1-4-19-14(2)16-7-5-6-15(12-16)13-18-10-8-17(3)9-11-18/h5-7,12H,2,4,8-11,13H2,1,3H3. The number of hydrogen-bond acceptors (Lipinski definition) is 3. The molecule has 104 valence electrons. The number of hydrogen-bond donors (Lipinski definition) is 0. The van der Waals surface area contributed by atoms with Crippen LogP contribution in [0.5, 0.6) is 0 Å². The normalized spacial score (nSPS) is 17.4. The van der Waals surface area contributed by atoms with Crippen molar-refractivity contribution < 1.29 is 4.74 Å². The summed E-state index contributed by atoms with van der Waals surface area (Å²) in [6.45, 7) is 12.2. The molecule has 3 nitrogen and oxygen atoms in total. The number of benzene rings is 1. The van der Waals surface area contributed by atoms with E-state index in [1.807, 2.05) is 6.92 Å². The molecule has 0 spiro atoms. The fraction of sp³-hybridized carbons (Fsp3) is 0.500. The second-order valence-electron chi connectivity index (χ2n) is 5.14. The minimum absolute atomic E-state index is 0.668. The van der Waals surface area contributed by atoms with Crippen LogP contribution in [0.4, 0.5) is 0 Å². The lowest BCUT2D eigenvalue weighted by Gasteiger charge is -2.32. The molecule has 0 amide bonds. The number of likely N-dealkylation sites (N-methyl/N-ethyl adjacent to an activating group) is 1. The van der Waals surface area contributed by atoms with Crippen LogP contribution in [0.3, 0.4) is 0 Å². The van der Waals surface area contributed by atoms with Crippen molar-refractivity contribution in [2.24, 2.45) is 0 Å². The third-order valence-corrected chi connectivity index (χ3v) is 3.57. The molecule has 0 saturated carbocycles. The molecule has 1 fully saturated rings. The summed E-state index contributed by atoms with van der Waals surface area (Å²) in [6.07, 6.45) is 0. The highest BCUT2D eigenvalue weighted by atomic mass is 16.5. The van der Waals surface area contributed by atoms with E-state index in [4.69, 9.17) is 4.74 Å². The van der Waals surface area contributed by atoms with E-state index >= 15 is 0 Å². The molecule has 0 radical (unpaired) electrons. The Bertz CT molecular complexity index is 423. The van der Waals surface area contributed by atoms with E-state index in [1.165, 1.54) is 5.56 Å². The van der Waals surface area contributed by atoms with Gasteiger partial charge in [0.05, 0.1) is 6.61 Å². The van der Waals surface area contributed by atoms with Gasteiger partial charge in [-0.1, -0.05) is 24.8 Å². The minimum atomic E-state index is 0.668. The first kappa shape index (κ1) is 14.1. The van der Waals surface area contributed by atoms with Gasteiger partial charge in [-0.2, -0.15) is 0 Å². The van der Waals surface area contributed by atoms with Gasteiger partial charge in [0.25, 0.3) is 0 Å². The van der Waals surface area contributed by atoms with Crippen molar-refractivity contribution in [1.29, 1.82) is 0 Å². The molecule has 1 aliphatic rings. The first-order valence-electron chi connectivity index (χ1n) is 7.01. The van der Waals surface area contributed by atoms with Gasteiger partial charge in [-0.05, 0) is 25.6 Å². The zero-order chi connectivity index (χ0) is 13.7. The lowest BCUT2D eigenvalue weighted by atomic mass is 10.1. The zero-order valence-electron chi connectivity index (χ0n) is 12.1. The summed E-state index contributed by atoms with van der Waals surface area (Å²) < 4.78 is 5.47. The average molecular weight is 260 g/mol. The van der Waals surface area contributed by atoms with E-state index in [-0.39, 0.29) is 0 Å². The molecule has 1 aromatic rings. The summed E-state index contributed by atoms with van der Waals surface area (Å²) in [5, 5.41) is 0. The summed E-state index contributed by atoms with van der Waals surface area (Å²) in [5.74, 6) is 0.766. The molecule has 0 bridgehead atoms. The third-order valence-electron chi connectivity index (χ3n) is 3.57. The smallest absolute Gasteiger partial charge is 0.119 e. The zero-order valence-corrected chi connectivity index (χ0v) is 12.1. The van der Waals surface area contributed by atoms with E-state index in [1.54, 1.807) is 0 Å². The van der Waals surface area contributed by atoms with Gasteiger partial charge in [0, 0.05) is 38.3 Å². The van der Waals surface area contributed by atoms with Crippen molar-refractivity contribution in [1.82, 2.24) is 9.80 Å². The maximum Gasteiger partial charge on any atom is 0.119 e. The molecule has 0 aromatic heterocycles. The van der Waals surface area contributed by atoms with E-state index in [0.29, 0.717) is 6.61 Å². The molecule has 1 saturated heterocycles. The molecule has 19 heavy (non-hydrogen) atoms. The van der Waals surface area contributed by atoms with Gasteiger partial charge in [0.2, 0.25) is 0 Å².